The molecule has 38 heavy (non-hydrogen) atoms. The average molecular weight is 485 g/mol. The summed E-state index contributed by atoms with van der Waals surface area (Å²) < 4.78 is 0. The van der Waals surface area contributed by atoms with Crippen LogP contribution in [0.2, 0.25) is 0 Å². The minimum Gasteiger partial charge on any atom is -0.254 e. The second-order valence-corrected chi connectivity index (χ2v) is 9.57. The molecular weight excluding hydrogens is 464 g/mol. The fourth-order valence-corrected chi connectivity index (χ4v) is 5.59. The molecule has 0 fully saturated rings. The van der Waals surface area contributed by atoms with Gasteiger partial charge in [-0.15, -0.1) is 0 Å². The predicted molar refractivity (Wildman–Crippen MR) is 156 cm³/mol. The van der Waals surface area contributed by atoms with Crippen molar-refractivity contribution in [1.82, 2.24) is 19.9 Å². The number of benzene rings is 4. The highest BCUT2D eigenvalue weighted by molar-refractivity contribution is 6.10. The van der Waals surface area contributed by atoms with Crippen LogP contribution >= 0.6 is 0 Å². The summed E-state index contributed by atoms with van der Waals surface area (Å²) in [6.07, 6.45) is 7.42. The van der Waals surface area contributed by atoms with Gasteiger partial charge in [0, 0.05) is 46.3 Å². The van der Waals surface area contributed by atoms with Crippen LogP contribution in [-0.2, 0) is 0 Å². The summed E-state index contributed by atoms with van der Waals surface area (Å²) in [5.74, 6) is 0. The van der Waals surface area contributed by atoms with Gasteiger partial charge >= 0.3 is 0 Å². The molecule has 0 saturated heterocycles. The van der Waals surface area contributed by atoms with Crippen molar-refractivity contribution in [3.63, 3.8) is 0 Å². The first kappa shape index (κ1) is 20.9. The normalized spacial score (nSPS) is 11.7. The number of nitrogens with zero attached hydrogens (tertiary/aromatic N) is 4. The van der Waals surface area contributed by atoms with Crippen molar-refractivity contribution in [3.05, 3.63) is 122 Å². The van der Waals surface area contributed by atoms with E-state index in [1.54, 1.807) is 0 Å². The second kappa shape index (κ2) is 8.15. The zero-order chi connectivity index (χ0) is 25.1. The number of hydrogen-bond donors (Lipinski definition) is 0. The van der Waals surface area contributed by atoms with Crippen molar-refractivity contribution in [1.29, 1.82) is 0 Å². The molecule has 0 N–H and O–H groups in total. The molecule has 4 aromatic heterocycles. The summed E-state index contributed by atoms with van der Waals surface area (Å²) in [4.78, 5) is 18.6. The molecule has 0 spiro atoms. The van der Waals surface area contributed by atoms with Crippen molar-refractivity contribution in [2.75, 3.05) is 0 Å². The van der Waals surface area contributed by atoms with Crippen molar-refractivity contribution in [3.8, 4) is 22.3 Å². The Kier molecular flexibility index (Phi) is 4.49. The molecule has 0 bridgehead atoms. The summed E-state index contributed by atoms with van der Waals surface area (Å²) >= 11 is 0. The lowest BCUT2D eigenvalue weighted by Gasteiger charge is -2.11. The summed E-state index contributed by atoms with van der Waals surface area (Å²) in [5, 5.41) is 6.80. The molecule has 4 heteroatoms. The topological polar surface area (TPSA) is 51.6 Å². The van der Waals surface area contributed by atoms with Crippen LogP contribution < -0.4 is 0 Å². The quantitative estimate of drug-likeness (QED) is 0.231. The number of rotatable bonds is 2. The molecule has 176 valence electrons. The maximum atomic E-state index is 4.69. The van der Waals surface area contributed by atoms with Crippen molar-refractivity contribution in [2.24, 2.45) is 0 Å². The summed E-state index contributed by atoms with van der Waals surface area (Å²) in [6.45, 7) is 0. The summed E-state index contributed by atoms with van der Waals surface area (Å²) in [6, 6.07) is 34.2. The minimum atomic E-state index is 0.929. The Morgan fingerprint density at radius 3 is 1.34 bits per heavy atom. The number of fused-ring (bicyclic) bond motifs is 7. The highest BCUT2D eigenvalue weighted by Gasteiger charge is 2.12. The van der Waals surface area contributed by atoms with Crippen LogP contribution in [-0.4, -0.2) is 19.9 Å². The van der Waals surface area contributed by atoms with Crippen LogP contribution in [0, 0.1) is 0 Å². The molecule has 8 aromatic rings. The molecule has 4 heterocycles. The van der Waals surface area contributed by atoms with Gasteiger partial charge in [-0.25, -0.2) is 0 Å². The smallest absolute Gasteiger partial charge is 0.0970 e. The van der Waals surface area contributed by atoms with Crippen molar-refractivity contribution >= 4 is 54.4 Å². The Balaban J connectivity index is 1.31. The Morgan fingerprint density at radius 1 is 0.342 bits per heavy atom. The van der Waals surface area contributed by atoms with E-state index in [2.05, 4.69) is 105 Å². The highest BCUT2D eigenvalue weighted by Crippen LogP contribution is 2.35. The lowest BCUT2D eigenvalue weighted by atomic mass is 9.94. The van der Waals surface area contributed by atoms with Gasteiger partial charge in [-0.3, -0.25) is 19.9 Å². The number of hydrogen-bond acceptors (Lipinski definition) is 4. The maximum Gasteiger partial charge on any atom is 0.0970 e. The van der Waals surface area contributed by atoms with Crippen LogP contribution in [0.3, 0.4) is 0 Å². The van der Waals surface area contributed by atoms with Crippen LogP contribution in [0.4, 0.5) is 0 Å². The molecule has 4 nitrogen and oxygen atoms in total. The third-order valence-corrected chi connectivity index (χ3v) is 7.43. The molecule has 0 radical (unpaired) electrons. The van der Waals surface area contributed by atoms with E-state index in [-0.39, 0.29) is 0 Å². The van der Waals surface area contributed by atoms with E-state index < -0.39 is 0 Å². The third-order valence-electron chi connectivity index (χ3n) is 7.43. The maximum absolute atomic E-state index is 4.69. The molecule has 8 rings (SSSR count). The SMILES string of the molecule is c1cnc2c(c1)ccc1c(-c3ccc4ccc(-c5ccnc6c5ccc5cccnc56)cc4c3)ccnc12. The van der Waals surface area contributed by atoms with Crippen LogP contribution in [0.1, 0.15) is 0 Å². The Hall–Kier alpha value is -5.22. The Bertz CT molecular complexity index is 2050. The van der Waals surface area contributed by atoms with Gasteiger partial charge in [-0.1, -0.05) is 60.7 Å². The van der Waals surface area contributed by atoms with Crippen LogP contribution in [0.25, 0.3) is 76.6 Å². The number of aromatic nitrogens is 4. The third kappa shape index (κ3) is 3.17. The van der Waals surface area contributed by atoms with Gasteiger partial charge in [0.15, 0.2) is 0 Å². The minimum absolute atomic E-state index is 0.929. The van der Waals surface area contributed by atoms with Crippen LogP contribution in [0.15, 0.2) is 122 Å². The van der Waals surface area contributed by atoms with E-state index in [0.717, 1.165) is 65.9 Å². The summed E-state index contributed by atoms with van der Waals surface area (Å²) in [7, 11) is 0. The zero-order valence-corrected chi connectivity index (χ0v) is 20.3. The lowest BCUT2D eigenvalue weighted by Crippen LogP contribution is -1.89. The van der Waals surface area contributed by atoms with Gasteiger partial charge in [-0.05, 0) is 69.4 Å². The van der Waals surface area contributed by atoms with E-state index in [1.165, 1.54) is 10.8 Å². The summed E-state index contributed by atoms with van der Waals surface area (Å²) in [5.41, 5.74) is 8.35. The Labute approximate surface area is 218 Å². The largest absolute Gasteiger partial charge is 0.254 e. The first-order valence-electron chi connectivity index (χ1n) is 12.6. The van der Waals surface area contributed by atoms with Gasteiger partial charge in [0.05, 0.1) is 22.1 Å². The lowest BCUT2D eigenvalue weighted by molar-refractivity contribution is 1.37. The fraction of sp³-hybridized carbons (Fsp3) is 0. The van der Waals surface area contributed by atoms with Gasteiger partial charge in [0.25, 0.3) is 0 Å². The average Bonchev–Trinajstić information content (AvgIpc) is 2.99. The van der Waals surface area contributed by atoms with E-state index >= 15 is 0 Å². The first-order chi connectivity index (χ1) is 18.8. The molecule has 4 aromatic carbocycles. The standard InChI is InChI=1S/C34H20N4/c1-3-22-9-11-29-27(13-17-37-33(29)31(22)35-15-1)24-7-5-21-6-8-25(20-26(21)19-24)28-14-18-38-34-30(28)12-10-23-4-2-16-36-32(23)34/h1-20H. The van der Waals surface area contributed by atoms with Gasteiger partial charge in [0.1, 0.15) is 0 Å². The molecule has 0 amide bonds. The van der Waals surface area contributed by atoms with Gasteiger partial charge in [0.2, 0.25) is 0 Å². The molecular formula is C34H20N4. The van der Waals surface area contributed by atoms with E-state index in [4.69, 9.17) is 0 Å². The fourth-order valence-electron chi connectivity index (χ4n) is 5.59. The molecule has 0 aliphatic heterocycles. The van der Waals surface area contributed by atoms with Crippen molar-refractivity contribution in [2.45, 2.75) is 0 Å². The van der Waals surface area contributed by atoms with E-state index in [0.29, 0.717) is 0 Å². The zero-order valence-electron chi connectivity index (χ0n) is 20.3. The molecule has 0 saturated carbocycles. The first-order valence-corrected chi connectivity index (χ1v) is 12.6. The van der Waals surface area contributed by atoms with Crippen LogP contribution in [0.5, 0.6) is 0 Å². The van der Waals surface area contributed by atoms with Crippen molar-refractivity contribution < 1.29 is 0 Å². The highest BCUT2D eigenvalue weighted by atomic mass is 14.7. The molecule has 0 aliphatic rings. The number of pyridine rings is 4. The molecule has 0 aliphatic carbocycles. The molecule has 0 unspecified atom stereocenters. The Morgan fingerprint density at radius 2 is 0.816 bits per heavy atom. The monoisotopic (exact) mass is 484 g/mol. The van der Waals surface area contributed by atoms with E-state index in [9.17, 15) is 0 Å². The second-order valence-electron chi connectivity index (χ2n) is 9.57. The van der Waals surface area contributed by atoms with E-state index in [1.807, 2.05) is 36.9 Å². The molecule has 0 atom stereocenters. The van der Waals surface area contributed by atoms with Gasteiger partial charge < -0.3 is 0 Å². The van der Waals surface area contributed by atoms with Gasteiger partial charge in [-0.2, -0.15) is 0 Å². The predicted octanol–water partition coefficient (Wildman–Crippen LogP) is 8.37.